The Morgan fingerprint density at radius 3 is 2.60 bits per heavy atom. The van der Waals surface area contributed by atoms with E-state index in [4.69, 9.17) is 14.2 Å². The van der Waals surface area contributed by atoms with Gasteiger partial charge in [-0.05, 0) is 18.2 Å². The molecule has 2 aromatic rings. The third-order valence-electron chi connectivity index (χ3n) is 4.45. The van der Waals surface area contributed by atoms with E-state index in [1.54, 1.807) is 36.7 Å². The molecular weight excluding hydrogens is 326 g/mol. The number of hydrogen-bond donors (Lipinski definition) is 1. The Labute approximate surface area is 144 Å². The van der Waals surface area contributed by atoms with Crippen molar-refractivity contribution in [1.29, 1.82) is 0 Å². The van der Waals surface area contributed by atoms with Crippen molar-refractivity contribution >= 4 is 11.9 Å². The normalized spacial score (nSPS) is 18.0. The van der Waals surface area contributed by atoms with E-state index in [0.717, 1.165) is 0 Å². The minimum atomic E-state index is -1.28. The van der Waals surface area contributed by atoms with Gasteiger partial charge in [-0.3, -0.25) is 0 Å². The van der Waals surface area contributed by atoms with Crippen LogP contribution in [0.2, 0.25) is 0 Å². The fraction of sp³-hybridized carbons (Fsp3) is 0.353. The molecule has 1 saturated heterocycles. The molecule has 8 heteroatoms. The number of carbonyl (C=O) groups is 1. The number of anilines is 1. The van der Waals surface area contributed by atoms with E-state index in [1.165, 1.54) is 0 Å². The SMILES string of the molecule is O=C(O)C1(Oc2ccc3c(c2)OCO3)CCN(c2ncccn2)CC1. The van der Waals surface area contributed by atoms with Gasteiger partial charge in [0.25, 0.3) is 0 Å². The summed E-state index contributed by atoms with van der Waals surface area (Å²) in [6, 6.07) is 6.84. The van der Waals surface area contributed by atoms with Crippen molar-refractivity contribution in [2.75, 3.05) is 24.8 Å². The first-order valence-corrected chi connectivity index (χ1v) is 8.00. The van der Waals surface area contributed by atoms with E-state index in [9.17, 15) is 9.90 Å². The number of rotatable bonds is 4. The molecule has 3 heterocycles. The Morgan fingerprint density at radius 1 is 1.16 bits per heavy atom. The summed E-state index contributed by atoms with van der Waals surface area (Å²) in [6.07, 6.45) is 4.00. The largest absolute Gasteiger partial charge is 0.478 e. The molecular formula is C17H17N3O5. The molecule has 2 aliphatic rings. The number of nitrogens with zero attached hydrogens (tertiary/aromatic N) is 3. The summed E-state index contributed by atoms with van der Waals surface area (Å²) >= 11 is 0. The van der Waals surface area contributed by atoms with Crippen LogP contribution in [-0.2, 0) is 4.79 Å². The first kappa shape index (κ1) is 15.5. The number of aromatic nitrogens is 2. The zero-order valence-electron chi connectivity index (χ0n) is 13.4. The van der Waals surface area contributed by atoms with Crippen LogP contribution < -0.4 is 19.1 Å². The van der Waals surface area contributed by atoms with Crippen LogP contribution in [0.1, 0.15) is 12.8 Å². The van der Waals surface area contributed by atoms with Gasteiger partial charge in [0.15, 0.2) is 11.5 Å². The molecule has 130 valence electrons. The summed E-state index contributed by atoms with van der Waals surface area (Å²) in [6.45, 7) is 1.16. The third kappa shape index (κ3) is 2.90. The number of benzene rings is 1. The Kier molecular flexibility index (Phi) is 3.79. The van der Waals surface area contributed by atoms with Gasteiger partial charge in [0, 0.05) is 44.4 Å². The maximum atomic E-state index is 11.9. The second-order valence-corrected chi connectivity index (χ2v) is 5.95. The topological polar surface area (TPSA) is 94.0 Å². The lowest BCUT2D eigenvalue weighted by Crippen LogP contribution is -2.53. The van der Waals surface area contributed by atoms with Crippen LogP contribution in [0, 0.1) is 0 Å². The first-order valence-electron chi connectivity index (χ1n) is 8.00. The van der Waals surface area contributed by atoms with Crippen molar-refractivity contribution in [3.05, 3.63) is 36.7 Å². The molecule has 0 radical (unpaired) electrons. The van der Waals surface area contributed by atoms with Crippen LogP contribution in [0.3, 0.4) is 0 Å². The molecule has 1 aromatic heterocycles. The molecule has 0 saturated carbocycles. The van der Waals surface area contributed by atoms with E-state index >= 15 is 0 Å². The molecule has 0 amide bonds. The highest BCUT2D eigenvalue weighted by Gasteiger charge is 2.44. The van der Waals surface area contributed by atoms with E-state index in [-0.39, 0.29) is 6.79 Å². The summed E-state index contributed by atoms with van der Waals surface area (Å²) in [5, 5.41) is 9.77. The van der Waals surface area contributed by atoms with Gasteiger partial charge in [-0.25, -0.2) is 14.8 Å². The van der Waals surface area contributed by atoms with E-state index in [1.807, 2.05) is 4.90 Å². The van der Waals surface area contributed by atoms with Crippen molar-refractivity contribution in [1.82, 2.24) is 9.97 Å². The lowest BCUT2D eigenvalue weighted by molar-refractivity contribution is -0.157. The predicted octanol–water partition coefficient (Wildman–Crippen LogP) is 1.71. The van der Waals surface area contributed by atoms with Gasteiger partial charge in [-0.1, -0.05) is 0 Å². The van der Waals surface area contributed by atoms with Crippen LogP contribution in [0.25, 0.3) is 0 Å². The molecule has 0 bridgehead atoms. The first-order chi connectivity index (χ1) is 12.2. The lowest BCUT2D eigenvalue weighted by Gasteiger charge is -2.38. The maximum Gasteiger partial charge on any atom is 0.348 e. The molecule has 8 nitrogen and oxygen atoms in total. The van der Waals surface area contributed by atoms with Gasteiger partial charge in [-0.15, -0.1) is 0 Å². The van der Waals surface area contributed by atoms with Crippen molar-refractivity contribution in [2.24, 2.45) is 0 Å². The number of piperidine rings is 1. The van der Waals surface area contributed by atoms with Crippen LogP contribution in [0.4, 0.5) is 5.95 Å². The van der Waals surface area contributed by atoms with Gasteiger partial charge in [-0.2, -0.15) is 0 Å². The zero-order chi connectivity index (χ0) is 17.3. The van der Waals surface area contributed by atoms with Crippen LogP contribution in [0.5, 0.6) is 17.2 Å². The Hall–Kier alpha value is -3.03. The van der Waals surface area contributed by atoms with Crippen molar-refractivity contribution in [3.8, 4) is 17.2 Å². The molecule has 25 heavy (non-hydrogen) atoms. The number of carboxylic acid groups (broad SMARTS) is 1. The molecule has 1 fully saturated rings. The zero-order valence-corrected chi connectivity index (χ0v) is 13.4. The number of ether oxygens (including phenoxy) is 3. The fourth-order valence-electron chi connectivity index (χ4n) is 3.05. The van der Waals surface area contributed by atoms with Gasteiger partial charge in [0.2, 0.25) is 18.3 Å². The van der Waals surface area contributed by atoms with Crippen LogP contribution >= 0.6 is 0 Å². The quantitative estimate of drug-likeness (QED) is 0.897. The monoisotopic (exact) mass is 343 g/mol. The Bertz CT molecular complexity index is 775. The fourth-order valence-corrected chi connectivity index (χ4v) is 3.05. The highest BCUT2D eigenvalue weighted by molar-refractivity contribution is 5.78. The Balaban J connectivity index is 1.51. The molecule has 1 aromatic carbocycles. The number of aliphatic carboxylic acids is 1. The number of carboxylic acids is 1. The van der Waals surface area contributed by atoms with Crippen LogP contribution in [0.15, 0.2) is 36.7 Å². The second-order valence-electron chi connectivity index (χ2n) is 5.95. The average molecular weight is 343 g/mol. The number of hydrogen-bond acceptors (Lipinski definition) is 7. The van der Waals surface area contributed by atoms with Gasteiger partial charge >= 0.3 is 5.97 Å². The minimum absolute atomic E-state index is 0.162. The minimum Gasteiger partial charge on any atom is -0.478 e. The highest BCUT2D eigenvalue weighted by Crippen LogP contribution is 2.38. The van der Waals surface area contributed by atoms with Gasteiger partial charge in [0.1, 0.15) is 5.75 Å². The van der Waals surface area contributed by atoms with Crippen molar-refractivity contribution < 1.29 is 24.1 Å². The average Bonchev–Trinajstić information content (AvgIpc) is 3.11. The summed E-state index contributed by atoms with van der Waals surface area (Å²) in [5.74, 6) is 1.28. The molecule has 2 aliphatic heterocycles. The second kappa shape index (κ2) is 6.12. The summed E-state index contributed by atoms with van der Waals surface area (Å²) < 4.78 is 16.5. The molecule has 0 atom stereocenters. The van der Waals surface area contributed by atoms with E-state index in [0.29, 0.717) is 49.1 Å². The maximum absolute atomic E-state index is 11.9. The molecule has 0 unspecified atom stereocenters. The predicted molar refractivity (Wildman–Crippen MR) is 87.0 cm³/mol. The van der Waals surface area contributed by atoms with E-state index in [2.05, 4.69) is 9.97 Å². The smallest absolute Gasteiger partial charge is 0.348 e. The Morgan fingerprint density at radius 2 is 1.88 bits per heavy atom. The summed E-state index contributed by atoms with van der Waals surface area (Å²) in [5.41, 5.74) is -1.28. The number of fused-ring (bicyclic) bond motifs is 1. The van der Waals surface area contributed by atoms with Crippen molar-refractivity contribution in [3.63, 3.8) is 0 Å². The molecule has 1 N–H and O–H groups in total. The van der Waals surface area contributed by atoms with Crippen LogP contribution in [-0.4, -0.2) is 46.5 Å². The van der Waals surface area contributed by atoms with E-state index < -0.39 is 11.6 Å². The molecule has 0 spiro atoms. The van der Waals surface area contributed by atoms with Crippen molar-refractivity contribution in [2.45, 2.75) is 18.4 Å². The standard InChI is InChI=1S/C17H17N3O5/c21-15(22)17(25-12-2-3-13-14(10-12)24-11-23-13)4-8-20(9-5-17)16-18-6-1-7-19-16/h1-3,6-7,10H,4-5,8-9,11H2,(H,21,22). The third-order valence-corrected chi connectivity index (χ3v) is 4.45. The molecule has 4 rings (SSSR count). The summed E-state index contributed by atoms with van der Waals surface area (Å²) in [7, 11) is 0. The van der Waals surface area contributed by atoms with Gasteiger partial charge < -0.3 is 24.2 Å². The summed E-state index contributed by atoms with van der Waals surface area (Å²) in [4.78, 5) is 22.3. The highest BCUT2D eigenvalue weighted by atomic mass is 16.7. The molecule has 0 aliphatic carbocycles. The van der Waals surface area contributed by atoms with Gasteiger partial charge in [0.05, 0.1) is 0 Å². The lowest BCUT2D eigenvalue weighted by atomic mass is 9.91.